The highest BCUT2D eigenvalue weighted by Crippen LogP contribution is 2.28. The number of hydrogen-bond donors (Lipinski definition) is 1. The van der Waals surface area contributed by atoms with Crippen LogP contribution in [0.15, 0.2) is 40.9 Å². The van der Waals surface area contributed by atoms with Crippen molar-refractivity contribution in [1.29, 1.82) is 0 Å². The van der Waals surface area contributed by atoms with Crippen molar-refractivity contribution >= 4 is 15.9 Å². The van der Waals surface area contributed by atoms with Gasteiger partial charge in [0.15, 0.2) is 0 Å². The third-order valence-corrected chi connectivity index (χ3v) is 3.94. The van der Waals surface area contributed by atoms with Gasteiger partial charge >= 0.3 is 0 Å². The minimum absolute atomic E-state index is 0.236. The van der Waals surface area contributed by atoms with Crippen LogP contribution in [-0.4, -0.2) is 6.54 Å². The lowest BCUT2D eigenvalue weighted by atomic mass is 9.98. The van der Waals surface area contributed by atoms with E-state index in [-0.39, 0.29) is 23.8 Å². The predicted molar refractivity (Wildman–Crippen MR) is 80.6 cm³/mol. The Morgan fingerprint density at radius 1 is 1.05 bits per heavy atom. The zero-order chi connectivity index (χ0) is 15.4. The largest absolute Gasteiger partial charge is 0.310 e. The van der Waals surface area contributed by atoms with Crippen molar-refractivity contribution in [1.82, 2.24) is 5.32 Å². The topological polar surface area (TPSA) is 12.0 Å². The molecule has 2 aromatic rings. The summed E-state index contributed by atoms with van der Waals surface area (Å²) >= 11 is 3.37. The van der Waals surface area contributed by atoms with Crippen LogP contribution in [0, 0.1) is 17.5 Å². The second-order valence-corrected chi connectivity index (χ2v) is 5.57. The molecule has 0 aliphatic carbocycles. The molecule has 0 spiro atoms. The Labute approximate surface area is 130 Å². The zero-order valence-electron chi connectivity index (χ0n) is 11.5. The zero-order valence-corrected chi connectivity index (χ0v) is 13.1. The third kappa shape index (κ3) is 4.08. The molecule has 0 aliphatic heterocycles. The minimum atomic E-state index is -0.486. The van der Waals surface area contributed by atoms with Crippen LogP contribution in [0.5, 0.6) is 0 Å². The van der Waals surface area contributed by atoms with E-state index in [0.29, 0.717) is 12.1 Å². The van der Waals surface area contributed by atoms with Crippen molar-refractivity contribution < 1.29 is 13.2 Å². The highest BCUT2D eigenvalue weighted by atomic mass is 79.9. The van der Waals surface area contributed by atoms with E-state index in [4.69, 9.17) is 0 Å². The van der Waals surface area contributed by atoms with Crippen LogP contribution >= 0.6 is 15.9 Å². The van der Waals surface area contributed by atoms with E-state index >= 15 is 0 Å². The monoisotopic (exact) mass is 357 g/mol. The molecule has 0 saturated carbocycles. The van der Waals surface area contributed by atoms with E-state index in [9.17, 15) is 13.2 Å². The van der Waals surface area contributed by atoms with Crippen molar-refractivity contribution in [2.24, 2.45) is 0 Å². The molecule has 0 fully saturated rings. The summed E-state index contributed by atoms with van der Waals surface area (Å²) in [5.41, 5.74) is 0.942. The lowest BCUT2D eigenvalue weighted by Gasteiger charge is -2.20. The van der Waals surface area contributed by atoms with Gasteiger partial charge in [0.05, 0.1) is 0 Å². The summed E-state index contributed by atoms with van der Waals surface area (Å²) in [4.78, 5) is 0. The van der Waals surface area contributed by atoms with Gasteiger partial charge in [-0.25, -0.2) is 13.2 Å². The van der Waals surface area contributed by atoms with E-state index in [0.717, 1.165) is 16.6 Å². The fourth-order valence-electron chi connectivity index (χ4n) is 2.24. The Kier molecular flexibility index (Phi) is 5.42. The molecule has 2 aromatic carbocycles. The van der Waals surface area contributed by atoms with Crippen LogP contribution in [0.1, 0.15) is 24.1 Å². The molecule has 112 valence electrons. The second-order valence-electron chi connectivity index (χ2n) is 4.72. The fourth-order valence-corrected chi connectivity index (χ4v) is 2.76. The van der Waals surface area contributed by atoms with Crippen LogP contribution in [0.4, 0.5) is 13.2 Å². The van der Waals surface area contributed by atoms with Gasteiger partial charge in [-0.1, -0.05) is 22.9 Å². The van der Waals surface area contributed by atoms with Gasteiger partial charge in [-0.15, -0.1) is 0 Å². The van der Waals surface area contributed by atoms with Gasteiger partial charge in [0, 0.05) is 10.5 Å². The average molecular weight is 358 g/mol. The summed E-state index contributed by atoms with van der Waals surface area (Å²) in [5, 5.41) is 3.18. The van der Waals surface area contributed by atoms with E-state index in [2.05, 4.69) is 21.2 Å². The Morgan fingerprint density at radius 3 is 2.43 bits per heavy atom. The van der Waals surface area contributed by atoms with Crippen LogP contribution in [0.3, 0.4) is 0 Å². The second kappa shape index (κ2) is 7.09. The summed E-state index contributed by atoms with van der Waals surface area (Å²) in [6.45, 7) is 2.53. The molecule has 0 aliphatic rings. The molecule has 2 rings (SSSR count). The van der Waals surface area contributed by atoms with Crippen molar-refractivity contribution in [3.63, 3.8) is 0 Å². The third-order valence-electron chi connectivity index (χ3n) is 3.22. The Morgan fingerprint density at radius 2 is 1.71 bits per heavy atom. The standard InChI is InChI=1S/C16H15BrF3N/c1-2-21-16(13-9-12(19)3-5-14(13)17)8-10-7-11(18)4-6-15(10)20/h3-7,9,16,21H,2,8H2,1H3. The highest BCUT2D eigenvalue weighted by Gasteiger charge is 2.17. The molecular weight excluding hydrogens is 343 g/mol. The number of halogens is 4. The molecule has 0 bridgehead atoms. The molecule has 0 saturated heterocycles. The van der Waals surface area contributed by atoms with Gasteiger partial charge in [-0.2, -0.15) is 0 Å². The van der Waals surface area contributed by atoms with Crippen molar-refractivity contribution in [3.8, 4) is 0 Å². The number of benzene rings is 2. The summed E-state index contributed by atoms with van der Waals surface area (Å²) in [6.07, 6.45) is 0.236. The molecule has 0 aromatic heterocycles. The van der Waals surface area contributed by atoms with Gasteiger partial charge in [0.1, 0.15) is 17.5 Å². The summed E-state index contributed by atoms with van der Waals surface area (Å²) in [6, 6.07) is 7.40. The maximum atomic E-state index is 13.8. The van der Waals surface area contributed by atoms with Crippen LogP contribution in [0.2, 0.25) is 0 Å². The molecule has 1 N–H and O–H groups in total. The minimum Gasteiger partial charge on any atom is -0.310 e. The molecular formula is C16H15BrF3N. The quantitative estimate of drug-likeness (QED) is 0.813. The van der Waals surface area contributed by atoms with E-state index in [1.807, 2.05) is 6.92 Å². The van der Waals surface area contributed by atoms with Gasteiger partial charge in [0.2, 0.25) is 0 Å². The van der Waals surface area contributed by atoms with Gasteiger partial charge in [-0.05, 0) is 60.5 Å². The summed E-state index contributed by atoms with van der Waals surface area (Å²) < 4.78 is 41.2. The molecule has 21 heavy (non-hydrogen) atoms. The van der Waals surface area contributed by atoms with Crippen LogP contribution < -0.4 is 5.32 Å². The maximum absolute atomic E-state index is 13.8. The molecule has 1 atom stereocenters. The first-order valence-corrected chi connectivity index (χ1v) is 7.42. The first-order valence-electron chi connectivity index (χ1n) is 6.63. The van der Waals surface area contributed by atoms with Crippen LogP contribution in [0.25, 0.3) is 0 Å². The first kappa shape index (κ1) is 16.0. The highest BCUT2D eigenvalue weighted by molar-refractivity contribution is 9.10. The summed E-state index contributed by atoms with van der Waals surface area (Å²) in [5.74, 6) is -1.32. The Hall–Kier alpha value is -1.33. The van der Waals surface area contributed by atoms with Gasteiger partial charge in [0.25, 0.3) is 0 Å². The fraction of sp³-hybridized carbons (Fsp3) is 0.250. The number of rotatable bonds is 5. The maximum Gasteiger partial charge on any atom is 0.126 e. The molecule has 1 unspecified atom stereocenters. The van der Waals surface area contributed by atoms with E-state index in [1.54, 1.807) is 6.07 Å². The van der Waals surface area contributed by atoms with Gasteiger partial charge < -0.3 is 5.32 Å². The van der Waals surface area contributed by atoms with E-state index in [1.165, 1.54) is 18.2 Å². The molecule has 1 nitrogen and oxygen atoms in total. The first-order chi connectivity index (χ1) is 10.0. The SMILES string of the molecule is CCNC(Cc1cc(F)ccc1F)c1cc(F)ccc1Br. The number of likely N-dealkylation sites (N-methyl/N-ethyl adjacent to an activating group) is 1. The van der Waals surface area contributed by atoms with Crippen molar-refractivity contribution in [2.45, 2.75) is 19.4 Å². The van der Waals surface area contributed by atoms with Crippen molar-refractivity contribution in [3.05, 3.63) is 69.4 Å². The predicted octanol–water partition coefficient (Wildman–Crippen LogP) is 4.76. The Bertz CT molecular complexity index is 631. The molecule has 0 radical (unpaired) electrons. The van der Waals surface area contributed by atoms with Crippen molar-refractivity contribution in [2.75, 3.05) is 6.54 Å². The molecule has 5 heteroatoms. The number of hydrogen-bond acceptors (Lipinski definition) is 1. The lowest BCUT2D eigenvalue weighted by Crippen LogP contribution is -2.24. The summed E-state index contributed by atoms with van der Waals surface area (Å²) in [7, 11) is 0. The average Bonchev–Trinajstić information content (AvgIpc) is 2.45. The lowest BCUT2D eigenvalue weighted by molar-refractivity contribution is 0.517. The van der Waals surface area contributed by atoms with Gasteiger partial charge in [-0.3, -0.25) is 0 Å². The smallest absolute Gasteiger partial charge is 0.126 e. The normalized spacial score (nSPS) is 12.4. The molecule has 0 heterocycles. The van der Waals surface area contributed by atoms with E-state index < -0.39 is 11.6 Å². The number of nitrogens with one attached hydrogen (secondary N) is 1. The molecule has 0 amide bonds. The Balaban J connectivity index is 2.35. The van der Waals surface area contributed by atoms with Crippen LogP contribution in [-0.2, 0) is 6.42 Å².